The second-order valence-corrected chi connectivity index (χ2v) is 9.01. The molecule has 1 unspecified atom stereocenters. The van der Waals surface area contributed by atoms with Crippen LogP contribution in [0, 0.1) is 11.7 Å². The van der Waals surface area contributed by atoms with Crippen LogP contribution in [0.5, 0.6) is 11.5 Å². The van der Waals surface area contributed by atoms with Gasteiger partial charge in [0.1, 0.15) is 23.9 Å². The number of carboxylic acids is 1. The van der Waals surface area contributed by atoms with Gasteiger partial charge in [0.05, 0.1) is 36.8 Å². The highest BCUT2D eigenvalue weighted by atomic mass is 19.1. The monoisotopic (exact) mass is 478 g/mol. The summed E-state index contributed by atoms with van der Waals surface area (Å²) in [5.41, 5.74) is 3.25. The van der Waals surface area contributed by atoms with E-state index in [1.807, 2.05) is 24.3 Å². The fourth-order valence-electron chi connectivity index (χ4n) is 4.33. The van der Waals surface area contributed by atoms with E-state index < -0.39 is 5.97 Å². The maximum absolute atomic E-state index is 14.6. The third-order valence-corrected chi connectivity index (χ3v) is 6.35. The Labute approximate surface area is 205 Å². The zero-order chi connectivity index (χ0) is 24.8. The number of methoxy groups -OCH3 is 1. The summed E-state index contributed by atoms with van der Waals surface area (Å²) in [6, 6.07) is 12.3. The molecule has 1 N–H and O–H groups in total. The third-order valence-electron chi connectivity index (χ3n) is 6.35. The Bertz CT molecular complexity index is 1180. The number of hydrogen-bond donors (Lipinski definition) is 1. The lowest BCUT2D eigenvalue weighted by molar-refractivity contribution is -0.137. The largest absolute Gasteiger partial charge is 0.497 e. The van der Waals surface area contributed by atoms with Crippen LogP contribution in [0.3, 0.4) is 0 Å². The predicted octanol–water partition coefficient (Wildman–Crippen LogP) is 6.18. The second-order valence-electron chi connectivity index (χ2n) is 9.01. The predicted molar refractivity (Wildman–Crippen MR) is 131 cm³/mol. The fraction of sp³-hybridized carbons (Fsp3) is 0.393. The number of carboxylic acid groups (broad SMARTS) is 1. The van der Waals surface area contributed by atoms with Crippen LogP contribution in [-0.2, 0) is 17.8 Å². The van der Waals surface area contributed by atoms with Crippen molar-refractivity contribution in [1.29, 1.82) is 0 Å². The zero-order valence-electron chi connectivity index (χ0n) is 20.2. The van der Waals surface area contributed by atoms with Crippen molar-refractivity contribution in [3.63, 3.8) is 0 Å². The van der Waals surface area contributed by atoms with Gasteiger partial charge < -0.3 is 14.6 Å². The highest BCUT2D eigenvalue weighted by molar-refractivity contribution is 5.68. The molecule has 3 aromatic rings. The number of nitrogens with zero attached hydrogens (tertiary/aromatic N) is 2. The first-order valence-corrected chi connectivity index (χ1v) is 12.1. The number of aliphatic carboxylic acids is 1. The lowest BCUT2D eigenvalue weighted by atomic mass is 9.91. The Morgan fingerprint density at radius 2 is 2.03 bits per heavy atom. The molecular weight excluding hydrogens is 447 g/mol. The molecule has 1 aliphatic rings. The normalized spacial score (nSPS) is 13.9. The minimum Gasteiger partial charge on any atom is -0.497 e. The molecule has 0 aliphatic heterocycles. The molecule has 1 fully saturated rings. The van der Waals surface area contributed by atoms with E-state index in [1.165, 1.54) is 6.07 Å². The first-order chi connectivity index (χ1) is 17.0. The van der Waals surface area contributed by atoms with E-state index in [2.05, 4.69) is 11.9 Å². The molecule has 0 radical (unpaired) electrons. The summed E-state index contributed by atoms with van der Waals surface area (Å²) in [7, 11) is 1.55. The van der Waals surface area contributed by atoms with Crippen LogP contribution in [0.15, 0.2) is 48.7 Å². The molecule has 184 valence electrons. The van der Waals surface area contributed by atoms with E-state index in [1.54, 1.807) is 25.4 Å². The number of halogens is 1. The highest BCUT2D eigenvalue weighted by Gasteiger charge is 2.33. The number of hydrogen-bond acceptors (Lipinski definition) is 5. The molecule has 1 aliphatic carbocycles. The van der Waals surface area contributed by atoms with Gasteiger partial charge in [-0.2, -0.15) is 0 Å². The van der Waals surface area contributed by atoms with Gasteiger partial charge >= 0.3 is 5.97 Å². The van der Waals surface area contributed by atoms with E-state index in [9.17, 15) is 14.3 Å². The van der Waals surface area contributed by atoms with Crippen molar-refractivity contribution in [2.75, 3.05) is 7.11 Å². The van der Waals surface area contributed by atoms with Gasteiger partial charge in [-0.25, -0.2) is 4.39 Å². The highest BCUT2D eigenvalue weighted by Crippen LogP contribution is 2.45. The average Bonchev–Trinajstić information content (AvgIpc) is 3.71. The molecule has 1 saturated carbocycles. The first kappa shape index (κ1) is 24.6. The third kappa shape index (κ3) is 6.35. The van der Waals surface area contributed by atoms with Gasteiger partial charge in [-0.1, -0.05) is 25.5 Å². The van der Waals surface area contributed by atoms with Gasteiger partial charge in [0.25, 0.3) is 0 Å². The zero-order valence-corrected chi connectivity index (χ0v) is 20.2. The summed E-state index contributed by atoms with van der Waals surface area (Å²) < 4.78 is 25.9. The molecule has 1 heterocycles. The van der Waals surface area contributed by atoms with Crippen molar-refractivity contribution >= 4 is 5.97 Å². The quantitative estimate of drug-likeness (QED) is 0.335. The summed E-state index contributed by atoms with van der Waals surface area (Å²) in [6.45, 7) is 2.31. The van der Waals surface area contributed by atoms with Crippen LogP contribution in [0.1, 0.15) is 61.9 Å². The number of ether oxygens (including phenoxy) is 2. The molecule has 6 nitrogen and oxygen atoms in total. The summed E-state index contributed by atoms with van der Waals surface area (Å²) in [5.74, 6) is 0.509. The van der Waals surface area contributed by atoms with Crippen molar-refractivity contribution < 1.29 is 23.8 Å². The lowest BCUT2D eigenvalue weighted by Gasteiger charge is -2.16. The summed E-state index contributed by atoms with van der Waals surface area (Å²) in [5, 5.41) is 9.30. The van der Waals surface area contributed by atoms with Crippen molar-refractivity contribution in [3.8, 4) is 22.8 Å². The van der Waals surface area contributed by atoms with Crippen LogP contribution in [0.4, 0.5) is 4.39 Å². The van der Waals surface area contributed by atoms with Gasteiger partial charge in [0.15, 0.2) is 0 Å². The van der Waals surface area contributed by atoms with Crippen molar-refractivity contribution in [2.45, 2.75) is 58.0 Å². The number of aromatic nitrogens is 2. The van der Waals surface area contributed by atoms with Crippen molar-refractivity contribution in [1.82, 2.24) is 9.97 Å². The van der Waals surface area contributed by atoms with Gasteiger partial charge in [0, 0.05) is 5.56 Å². The smallest absolute Gasteiger partial charge is 0.303 e. The van der Waals surface area contributed by atoms with E-state index in [0.29, 0.717) is 40.8 Å². The number of aryl methyl sites for hydroxylation is 1. The minimum absolute atomic E-state index is 0.00790. The molecule has 1 atom stereocenters. The summed E-state index contributed by atoms with van der Waals surface area (Å²) >= 11 is 0. The van der Waals surface area contributed by atoms with Crippen molar-refractivity contribution in [2.24, 2.45) is 5.92 Å². The maximum Gasteiger partial charge on any atom is 0.303 e. The molecule has 0 amide bonds. The minimum atomic E-state index is -0.782. The summed E-state index contributed by atoms with van der Waals surface area (Å²) in [4.78, 5) is 20.6. The van der Waals surface area contributed by atoms with E-state index in [0.717, 1.165) is 36.9 Å². The van der Waals surface area contributed by atoms with Gasteiger partial charge in [0.2, 0.25) is 0 Å². The van der Waals surface area contributed by atoms with Crippen LogP contribution in [-0.4, -0.2) is 28.2 Å². The molecule has 1 aromatic heterocycles. The molecule has 35 heavy (non-hydrogen) atoms. The van der Waals surface area contributed by atoms with E-state index in [-0.39, 0.29) is 24.8 Å². The topological polar surface area (TPSA) is 81.5 Å². The number of unbranched alkanes of at least 4 members (excludes halogenated alkanes) is 1. The van der Waals surface area contributed by atoms with Crippen LogP contribution in [0.25, 0.3) is 11.3 Å². The average molecular weight is 479 g/mol. The van der Waals surface area contributed by atoms with E-state index >= 15 is 0 Å². The molecular formula is C28H31FN2O4. The standard InChI is InChI=1S/C28H31FN2O4/c1-3-4-8-26-28(24-14-21(34-2)11-12-25(24)29)30-16-20(31-26)17-35-22-7-5-6-19(13-22)23(15-27(32)33)18-9-10-18/h5-7,11-14,16,18,23H,3-4,8-10,15,17H2,1-2H3,(H,32,33). The fourth-order valence-corrected chi connectivity index (χ4v) is 4.33. The van der Waals surface area contributed by atoms with Gasteiger partial charge in [-0.05, 0) is 73.4 Å². The van der Waals surface area contributed by atoms with Gasteiger partial charge in [-0.3, -0.25) is 14.8 Å². The summed E-state index contributed by atoms with van der Waals surface area (Å²) in [6.07, 6.45) is 6.45. The Hall–Kier alpha value is -3.48. The SMILES string of the molecule is CCCCc1nc(COc2cccc(C(CC(=O)O)C3CC3)c2)cnc1-c1cc(OC)ccc1F. The van der Waals surface area contributed by atoms with Crippen LogP contribution in [0.2, 0.25) is 0 Å². The van der Waals surface area contributed by atoms with Crippen LogP contribution < -0.4 is 9.47 Å². The first-order valence-electron chi connectivity index (χ1n) is 12.1. The molecule has 0 bridgehead atoms. The molecule has 4 rings (SSSR count). The lowest BCUT2D eigenvalue weighted by Crippen LogP contribution is -2.09. The van der Waals surface area contributed by atoms with Gasteiger partial charge in [-0.15, -0.1) is 0 Å². The maximum atomic E-state index is 14.6. The molecule has 7 heteroatoms. The second kappa shape index (κ2) is 11.3. The Morgan fingerprint density at radius 1 is 1.20 bits per heavy atom. The van der Waals surface area contributed by atoms with E-state index in [4.69, 9.17) is 14.5 Å². The van der Waals surface area contributed by atoms with Crippen LogP contribution >= 0.6 is 0 Å². The number of benzene rings is 2. The molecule has 2 aromatic carbocycles. The Morgan fingerprint density at radius 3 is 2.74 bits per heavy atom. The number of carbonyl (C=O) groups is 1. The Kier molecular flexibility index (Phi) is 7.95. The molecule has 0 saturated heterocycles. The van der Waals surface area contributed by atoms with Crippen molar-refractivity contribution in [3.05, 3.63) is 71.4 Å². The molecule has 0 spiro atoms. The Balaban J connectivity index is 1.54. The number of rotatable bonds is 12.